The molecule has 0 aromatic rings. The van der Waals surface area contributed by atoms with Crippen LogP contribution in [0.25, 0.3) is 0 Å². The fraction of sp³-hybridized carbons (Fsp3) is 0.846. The molecule has 0 saturated heterocycles. The number of amides is 1. The van der Waals surface area contributed by atoms with Crippen LogP contribution in [0.3, 0.4) is 0 Å². The molecule has 0 aromatic carbocycles. The van der Waals surface area contributed by atoms with Gasteiger partial charge in [0.25, 0.3) is 0 Å². The summed E-state index contributed by atoms with van der Waals surface area (Å²) in [4.78, 5) is 24.5. The average molecular weight is 259 g/mol. The highest BCUT2D eigenvalue weighted by Crippen LogP contribution is 2.00. The smallest absolute Gasteiger partial charge is 0.331 e. The molecule has 0 radical (unpaired) electrons. The predicted molar refractivity (Wildman–Crippen MR) is 69.2 cm³/mol. The Morgan fingerprint density at radius 1 is 1.00 bits per heavy atom. The van der Waals surface area contributed by atoms with Crippen molar-refractivity contribution in [3.63, 3.8) is 0 Å². The predicted octanol–water partition coefficient (Wildman–Crippen LogP) is 1.60. The van der Waals surface area contributed by atoms with Crippen LogP contribution >= 0.6 is 0 Å². The second-order valence-electron chi connectivity index (χ2n) is 4.16. The lowest BCUT2D eigenvalue weighted by molar-refractivity contribution is -0.148. The Morgan fingerprint density at radius 3 is 2.00 bits per heavy atom. The third-order valence-corrected chi connectivity index (χ3v) is 2.59. The fourth-order valence-electron chi connectivity index (χ4n) is 1.43. The van der Waals surface area contributed by atoms with E-state index in [0.717, 1.165) is 38.8 Å². The zero-order valence-corrected chi connectivity index (χ0v) is 11.7. The zero-order chi connectivity index (χ0) is 13.8. The van der Waals surface area contributed by atoms with Gasteiger partial charge < -0.3 is 14.4 Å². The molecular formula is C13H25NO4. The lowest BCUT2D eigenvalue weighted by Crippen LogP contribution is -2.36. The number of esters is 1. The average Bonchev–Trinajstić information content (AvgIpc) is 2.38. The Morgan fingerprint density at radius 2 is 1.56 bits per heavy atom. The number of methoxy groups -OCH3 is 1. The largest absolute Gasteiger partial charge is 0.467 e. The van der Waals surface area contributed by atoms with Gasteiger partial charge in [-0.25, -0.2) is 4.79 Å². The van der Waals surface area contributed by atoms with Crippen LogP contribution in [0, 0.1) is 0 Å². The minimum atomic E-state index is -0.462. The zero-order valence-electron chi connectivity index (χ0n) is 11.7. The second-order valence-corrected chi connectivity index (χ2v) is 4.16. The summed E-state index contributed by atoms with van der Waals surface area (Å²) in [5.74, 6) is -0.516. The lowest BCUT2D eigenvalue weighted by Gasteiger charge is -2.22. The van der Waals surface area contributed by atoms with Crippen LogP contribution in [-0.4, -0.2) is 50.2 Å². The van der Waals surface area contributed by atoms with E-state index in [1.165, 1.54) is 7.11 Å². The molecule has 0 heterocycles. The molecule has 0 aliphatic carbocycles. The number of carbonyl (C=O) groups excluding carboxylic acids is 2. The van der Waals surface area contributed by atoms with Gasteiger partial charge in [-0.2, -0.15) is 0 Å². The van der Waals surface area contributed by atoms with Gasteiger partial charge in [0.2, 0.25) is 5.91 Å². The molecule has 5 heteroatoms. The van der Waals surface area contributed by atoms with Crippen molar-refractivity contribution in [2.75, 3.05) is 33.4 Å². The molecule has 0 N–H and O–H groups in total. The monoisotopic (exact) mass is 259 g/mol. The number of hydrogen-bond donors (Lipinski definition) is 0. The topological polar surface area (TPSA) is 55.8 Å². The molecule has 106 valence electrons. The van der Waals surface area contributed by atoms with Crippen molar-refractivity contribution in [1.82, 2.24) is 4.90 Å². The van der Waals surface area contributed by atoms with Crippen molar-refractivity contribution in [3.05, 3.63) is 0 Å². The third kappa shape index (κ3) is 8.06. The SMILES string of the molecule is CCCCN(CCCC)C(=O)COCC(=O)OC. The summed E-state index contributed by atoms with van der Waals surface area (Å²) in [7, 11) is 1.29. The maximum absolute atomic E-state index is 11.9. The molecule has 5 nitrogen and oxygen atoms in total. The number of hydrogen-bond acceptors (Lipinski definition) is 4. The summed E-state index contributed by atoms with van der Waals surface area (Å²) in [6, 6.07) is 0. The van der Waals surface area contributed by atoms with Gasteiger partial charge in [0, 0.05) is 13.1 Å². The van der Waals surface area contributed by atoms with Crippen molar-refractivity contribution >= 4 is 11.9 Å². The third-order valence-electron chi connectivity index (χ3n) is 2.59. The Balaban J connectivity index is 3.98. The van der Waals surface area contributed by atoms with E-state index in [2.05, 4.69) is 18.6 Å². The van der Waals surface area contributed by atoms with Gasteiger partial charge in [0.15, 0.2) is 0 Å². The summed E-state index contributed by atoms with van der Waals surface area (Å²) < 4.78 is 9.46. The van der Waals surface area contributed by atoms with Crippen LogP contribution in [0.4, 0.5) is 0 Å². The van der Waals surface area contributed by atoms with E-state index < -0.39 is 5.97 Å². The van der Waals surface area contributed by atoms with Crippen molar-refractivity contribution in [2.45, 2.75) is 39.5 Å². The molecule has 0 fully saturated rings. The van der Waals surface area contributed by atoms with E-state index in [9.17, 15) is 9.59 Å². The first-order valence-electron chi connectivity index (χ1n) is 6.58. The molecule has 0 atom stereocenters. The van der Waals surface area contributed by atoms with E-state index in [0.29, 0.717) is 0 Å². The Hall–Kier alpha value is -1.10. The first-order chi connectivity index (χ1) is 8.65. The van der Waals surface area contributed by atoms with E-state index >= 15 is 0 Å². The fourth-order valence-corrected chi connectivity index (χ4v) is 1.43. The Bertz CT molecular complexity index is 235. The highest BCUT2D eigenvalue weighted by atomic mass is 16.6. The number of carbonyl (C=O) groups is 2. The number of rotatable bonds is 10. The maximum Gasteiger partial charge on any atom is 0.331 e. The van der Waals surface area contributed by atoms with Crippen LogP contribution in [-0.2, 0) is 19.1 Å². The molecule has 0 saturated carbocycles. The quantitative estimate of drug-likeness (QED) is 0.559. The van der Waals surface area contributed by atoms with Crippen LogP contribution in [0.2, 0.25) is 0 Å². The summed E-state index contributed by atoms with van der Waals surface area (Å²) in [6.45, 7) is 5.49. The minimum absolute atomic E-state index is 0.0530. The van der Waals surface area contributed by atoms with Gasteiger partial charge in [-0.05, 0) is 12.8 Å². The van der Waals surface area contributed by atoms with Gasteiger partial charge in [0.1, 0.15) is 13.2 Å². The van der Waals surface area contributed by atoms with Crippen molar-refractivity contribution in [2.24, 2.45) is 0 Å². The summed E-state index contributed by atoms with van der Waals surface area (Å²) in [6.07, 6.45) is 4.09. The normalized spacial score (nSPS) is 10.2. The van der Waals surface area contributed by atoms with Gasteiger partial charge in [-0.3, -0.25) is 4.79 Å². The number of nitrogens with zero attached hydrogens (tertiary/aromatic N) is 1. The van der Waals surface area contributed by atoms with Crippen molar-refractivity contribution in [1.29, 1.82) is 0 Å². The number of ether oxygens (including phenoxy) is 2. The first-order valence-corrected chi connectivity index (χ1v) is 6.58. The van der Waals surface area contributed by atoms with Crippen LogP contribution in [0.15, 0.2) is 0 Å². The molecule has 18 heavy (non-hydrogen) atoms. The summed E-state index contributed by atoms with van der Waals surface area (Å²) >= 11 is 0. The van der Waals surface area contributed by atoms with Crippen molar-refractivity contribution in [3.8, 4) is 0 Å². The van der Waals surface area contributed by atoms with E-state index in [1.54, 1.807) is 0 Å². The molecule has 0 aliphatic rings. The molecular weight excluding hydrogens is 234 g/mol. The van der Waals surface area contributed by atoms with Gasteiger partial charge in [-0.1, -0.05) is 26.7 Å². The summed E-state index contributed by atoms with van der Waals surface area (Å²) in [5, 5.41) is 0. The molecule has 0 bridgehead atoms. The van der Waals surface area contributed by atoms with Crippen LogP contribution in [0.5, 0.6) is 0 Å². The molecule has 0 unspecified atom stereocenters. The van der Waals surface area contributed by atoms with Gasteiger partial charge in [-0.15, -0.1) is 0 Å². The molecule has 0 aromatic heterocycles. The van der Waals surface area contributed by atoms with Gasteiger partial charge in [0.05, 0.1) is 7.11 Å². The van der Waals surface area contributed by atoms with E-state index in [4.69, 9.17) is 4.74 Å². The van der Waals surface area contributed by atoms with Gasteiger partial charge >= 0.3 is 5.97 Å². The van der Waals surface area contributed by atoms with E-state index in [1.807, 2.05) is 4.90 Å². The Kier molecular flexibility index (Phi) is 10.3. The summed E-state index contributed by atoms with van der Waals surface area (Å²) in [5.41, 5.74) is 0. The van der Waals surface area contributed by atoms with Crippen molar-refractivity contribution < 1.29 is 19.1 Å². The second kappa shape index (κ2) is 11.0. The number of unbranched alkanes of at least 4 members (excludes halogenated alkanes) is 2. The van der Waals surface area contributed by atoms with Crippen LogP contribution < -0.4 is 0 Å². The minimum Gasteiger partial charge on any atom is -0.467 e. The molecule has 1 amide bonds. The lowest BCUT2D eigenvalue weighted by atomic mass is 10.2. The highest BCUT2D eigenvalue weighted by Gasteiger charge is 2.13. The maximum atomic E-state index is 11.9. The molecule has 0 aliphatic heterocycles. The molecule has 0 rings (SSSR count). The first kappa shape index (κ1) is 16.9. The molecule has 0 spiro atoms. The van der Waals surface area contributed by atoms with E-state index in [-0.39, 0.29) is 19.1 Å². The standard InChI is InChI=1S/C13H25NO4/c1-4-6-8-14(9-7-5-2)12(15)10-18-11-13(16)17-3/h4-11H2,1-3H3. The highest BCUT2D eigenvalue weighted by molar-refractivity contribution is 5.78. The van der Waals surface area contributed by atoms with Crippen LogP contribution in [0.1, 0.15) is 39.5 Å². The Labute approximate surface area is 109 Å².